The Morgan fingerprint density at radius 1 is 1.33 bits per heavy atom. The molecule has 1 amide bonds. The van der Waals surface area contributed by atoms with Gasteiger partial charge in [0.05, 0.1) is 6.61 Å². The third-order valence-electron chi connectivity index (χ3n) is 3.78. The fourth-order valence-corrected chi connectivity index (χ4v) is 2.86. The van der Waals surface area contributed by atoms with Crippen LogP contribution in [-0.4, -0.2) is 47.0 Å². The number of esters is 1. The van der Waals surface area contributed by atoms with Gasteiger partial charge in [-0.25, -0.2) is 4.79 Å². The quantitative estimate of drug-likeness (QED) is 0.601. The van der Waals surface area contributed by atoms with Crippen LogP contribution in [0.15, 0.2) is 0 Å². The van der Waals surface area contributed by atoms with E-state index in [0.29, 0.717) is 25.3 Å². The number of amides is 1. The van der Waals surface area contributed by atoms with Crippen molar-refractivity contribution in [2.75, 3.05) is 13.2 Å². The molecule has 0 aromatic rings. The summed E-state index contributed by atoms with van der Waals surface area (Å²) in [6, 6.07) is -0.146. The second-order valence-electron chi connectivity index (χ2n) is 5.93. The Hall–Kier alpha value is -1.59. The molecule has 120 valence electrons. The van der Waals surface area contributed by atoms with E-state index < -0.39 is 12.1 Å². The van der Waals surface area contributed by atoms with Gasteiger partial charge in [0.15, 0.2) is 0 Å². The maximum atomic E-state index is 12.1. The van der Waals surface area contributed by atoms with E-state index in [9.17, 15) is 19.5 Å². The van der Waals surface area contributed by atoms with Crippen molar-refractivity contribution in [3.8, 4) is 0 Å². The number of piperidine rings is 1. The Morgan fingerprint density at radius 3 is 2.52 bits per heavy atom. The number of rotatable bonds is 6. The number of carboxylic acid groups (broad SMARTS) is 1. The van der Waals surface area contributed by atoms with Gasteiger partial charge in [0.2, 0.25) is 0 Å². The van der Waals surface area contributed by atoms with Gasteiger partial charge in [0.25, 0.3) is 0 Å². The van der Waals surface area contributed by atoms with E-state index in [1.807, 2.05) is 13.8 Å². The van der Waals surface area contributed by atoms with Gasteiger partial charge in [-0.2, -0.15) is 0 Å². The first-order valence-electron chi connectivity index (χ1n) is 7.53. The number of ether oxygens (including phenoxy) is 1. The monoisotopic (exact) mass is 299 g/mol. The molecule has 1 saturated heterocycles. The second-order valence-corrected chi connectivity index (χ2v) is 5.93. The Balaban J connectivity index is 2.64. The SMILES string of the molecule is CCOC(=O)CC(=O)C1CCN(C(=O)O)C(CC(C)C)C1. The summed E-state index contributed by atoms with van der Waals surface area (Å²) < 4.78 is 4.79. The van der Waals surface area contributed by atoms with E-state index in [4.69, 9.17) is 4.74 Å². The van der Waals surface area contributed by atoms with Gasteiger partial charge >= 0.3 is 12.1 Å². The molecule has 0 aromatic carbocycles. The molecule has 6 heteroatoms. The molecular formula is C15H25NO5. The number of hydrogen-bond acceptors (Lipinski definition) is 4. The van der Waals surface area contributed by atoms with Gasteiger partial charge in [0.1, 0.15) is 12.2 Å². The van der Waals surface area contributed by atoms with E-state index in [-0.39, 0.29) is 30.8 Å². The second kappa shape index (κ2) is 8.00. The van der Waals surface area contributed by atoms with Crippen molar-refractivity contribution >= 4 is 17.8 Å². The zero-order chi connectivity index (χ0) is 16.0. The molecule has 6 nitrogen and oxygen atoms in total. The van der Waals surface area contributed by atoms with Crippen molar-refractivity contribution in [3.05, 3.63) is 0 Å². The summed E-state index contributed by atoms with van der Waals surface area (Å²) >= 11 is 0. The smallest absolute Gasteiger partial charge is 0.407 e. The van der Waals surface area contributed by atoms with Crippen LogP contribution in [0, 0.1) is 11.8 Å². The molecule has 1 fully saturated rings. The molecule has 2 atom stereocenters. The molecule has 0 aliphatic carbocycles. The number of carbonyl (C=O) groups is 3. The number of carbonyl (C=O) groups excluding carboxylic acids is 2. The Labute approximate surface area is 125 Å². The lowest BCUT2D eigenvalue weighted by atomic mass is 9.83. The van der Waals surface area contributed by atoms with E-state index in [0.717, 1.165) is 6.42 Å². The van der Waals surface area contributed by atoms with Crippen molar-refractivity contribution in [3.63, 3.8) is 0 Å². The number of nitrogens with zero attached hydrogens (tertiary/aromatic N) is 1. The third kappa shape index (κ3) is 5.36. The van der Waals surface area contributed by atoms with Crippen molar-refractivity contribution in [2.45, 2.75) is 52.5 Å². The summed E-state index contributed by atoms with van der Waals surface area (Å²) in [4.78, 5) is 36.2. The Bertz CT molecular complexity index is 394. The third-order valence-corrected chi connectivity index (χ3v) is 3.78. The fraction of sp³-hybridized carbons (Fsp3) is 0.800. The van der Waals surface area contributed by atoms with Crippen LogP contribution < -0.4 is 0 Å². The van der Waals surface area contributed by atoms with Gasteiger partial charge in [0, 0.05) is 18.5 Å². The van der Waals surface area contributed by atoms with Crippen molar-refractivity contribution < 1.29 is 24.2 Å². The number of hydrogen-bond donors (Lipinski definition) is 1. The van der Waals surface area contributed by atoms with Gasteiger partial charge in [-0.3, -0.25) is 9.59 Å². The van der Waals surface area contributed by atoms with Crippen LogP contribution in [-0.2, 0) is 14.3 Å². The molecule has 1 heterocycles. The predicted octanol–water partition coefficient (Wildman–Crippen LogP) is 2.31. The summed E-state index contributed by atoms with van der Waals surface area (Å²) in [6.07, 6.45) is 0.578. The Kier molecular flexibility index (Phi) is 6.65. The minimum absolute atomic E-state index is 0.132. The highest BCUT2D eigenvalue weighted by Gasteiger charge is 2.35. The largest absolute Gasteiger partial charge is 0.466 e. The number of Topliss-reactive ketones (excluding diaryl/α,β-unsaturated/α-hetero) is 1. The highest BCUT2D eigenvalue weighted by atomic mass is 16.5. The molecule has 0 aromatic heterocycles. The van der Waals surface area contributed by atoms with Gasteiger partial charge in [-0.1, -0.05) is 13.8 Å². The van der Waals surface area contributed by atoms with Gasteiger partial charge < -0.3 is 14.7 Å². The van der Waals surface area contributed by atoms with Crippen LogP contribution >= 0.6 is 0 Å². The average Bonchev–Trinajstić information content (AvgIpc) is 2.37. The molecule has 0 bridgehead atoms. The summed E-state index contributed by atoms with van der Waals surface area (Å²) in [7, 11) is 0. The minimum atomic E-state index is -0.933. The molecule has 0 radical (unpaired) electrons. The molecule has 0 saturated carbocycles. The van der Waals surface area contributed by atoms with Gasteiger partial charge in [-0.05, 0) is 32.1 Å². The lowest BCUT2D eigenvalue weighted by molar-refractivity contribution is -0.146. The molecule has 1 aliphatic heterocycles. The summed E-state index contributed by atoms with van der Waals surface area (Å²) in [5.74, 6) is -0.514. The van der Waals surface area contributed by atoms with Crippen LogP contribution in [0.3, 0.4) is 0 Å². The number of likely N-dealkylation sites (tertiary alicyclic amines) is 1. The first-order valence-corrected chi connectivity index (χ1v) is 7.53. The minimum Gasteiger partial charge on any atom is -0.466 e. The molecule has 1 rings (SSSR count). The molecule has 2 unspecified atom stereocenters. The number of ketones is 1. The van der Waals surface area contributed by atoms with Gasteiger partial charge in [-0.15, -0.1) is 0 Å². The van der Waals surface area contributed by atoms with Crippen molar-refractivity contribution in [1.82, 2.24) is 4.90 Å². The zero-order valence-corrected chi connectivity index (χ0v) is 13.0. The topological polar surface area (TPSA) is 83.9 Å². The van der Waals surface area contributed by atoms with E-state index >= 15 is 0 Å². The summed E-state index contributed by atoms with van der Waals surface area (Å²) in [5, 5.41) is 9.23. The molecule has 21 heavy (non-hydrogen) atoms. The maximum absolute atomic E-state index is 12.1. The average molecular weight is 299 g/mol. The van der Waals surface area contributed by atoms with Crippen LogP contribution in [0.25, 0.3) is 0 Å². The van der Waals surface area contributed by atoms with E-state index in [1.54, 1.807) is 6.92 Å². The van der Waals surface area contributed by atoms with Crippen molar-refractivity contribution in [2.24, 2.45) is 11.8 Å². The van der Waals surface area contributed by atoms with Crippen molar-refractivity contribution in [1.29, 1.82) is 0 Å². The fourth-order valence-electron chi connectivity index (χ4n) is 2.86. The summed E-state index contributed by atoms with van der Waals surface area (Å²) in [5.41, 5.74) is 0. The highest BCUT2D eigenvalue weighted by molar-refractivity contribution is 5.96. The van der Waals surface area contributed by atoms with Crippen LogP contribution in [0.1, 0.15) is 46.5 Å². The first kappa shape index (κ1) is 17.5. The van der Waals surface area contributed by atoms with Crippen LogP contribution in [0.4, 0.5) is 4.79 Å². The van der Waals surface area contributed by atoms with E-state index in [1.165, 1.54) is 4.90 Å². The molecular weight excluding hydrogens is 274 g/mol. The van der Waals surface area contributed by atoms with E-state index in [2.05, 4.69) is 0 Å². The normalized spacial score (nSPS) is 22.2. The first-order chi connectivity index (χ1) is 9.85. The summed E-state index contributed by atoms with van der Waals surface area (Å²) in [6.45, 7) is 6.38. The van der Waals surface area contributed by atoms with Crippen LogP contribution in [0.2, 0.25) is 0 Å². The molecule has 0 spiro atoms. The maximum Gasteiger partial charge on any atom is 0.407 e. The lowest BCUT2D eigenvalue weighted by Crippen LogP contribution is -2.47. The predicted molar refractivity (Wildman–Crippen MR) is 77.0 cm³/mol. The highest BCUT2D eigenvalue weighted by Crippen LogP contribution is 2.28. The molecule has 1 N–H and O–H groups in total. The zero-order valence-electron chi connectivity index (χ0n) is 13.0. The van der Waals surface area contributed by atoms with Crippen LogP contribution in [0.5, 0.6) is 0 Å². The standard InChI is InChI=1S/C15H25NO5/c1-4-21-14(18)9-13(17)11-5-6-16(15(19)20)12(8-11)7-10(2)3/h10-12H,4-9H2,1-3H3,(H,19,20). The molecule has 1 aliphatic rings. The Morgan fingerprint density at radius 2 is 2.00 bits per heavy atom. The lowest BCUT2D eigenvalue weighted by Gasteiger charge is -2.38.